The summed E-state index contributed by atoms with van der Waals surface area (Å²) in [7, 11) is 4.02. The van der Waals surface area contributed by atoms with E-state index in [4.69, 9.17) is 0 Å². The molecular formula is C17H27N3OS. The number of carbonyl (C=O) groups is 1. The molecular weight excluding hydrogens is 294 g/mol. The van der Waals surface area contributed by atoms with Crippen LogP contribution in [0.4, 0.5) is 4.79 Å². The van der Waals surface area contributed by atoms with Crippen molar-refractivity contribution in [1.82, 2.24) is 15.1 Å². The predicted octanol–water partition coefficient (Wildman–Crippen LogP) is 2.90. The highest BCUT2D eigenvalue weighted by atomic mass is 32.2. The Bertz CT molecular complexity index is 454. The Hall–Kier alpha value is -1.20. The quantitative estimate of drug-likeness (QED) is 0.818. The molecule has 1 aliphatic heterocycles. The van der Waals surface area contributed by atoms with Crippen molar-refractivity contribution in [2.45, 2.75) is 30.2 Å². The van der Waals surface area contributed by atoms with Gasteiger partial charge in [-0.3, -0.25) is 0 Å². The van der Waals surface area contributed by atoms with Gasteiger partial charge in [-0.05, 0) is 38.6 Å². The zero-order valence-electron chi connectivity index (χ0n) is 13.6. The summed E-state index contributed by atoms with van der Waals surface area (Å²) in [4.78, 5) is 17.5. The van der Waals surface area contributed by atoms with Crippen LogP contribution in [0.5, 0.6) is 0 Å². The van der Waals surface area contributed by atoms with E-state index in [9.17, 15) is 4.79 Å². The number of hydrogen-bond acceptors (Lipinski definition) is 3. The number of piperidine rings is 1. The fourth-order valence-corrected chi connectivity index (χ4v) is 3.61. The van der Waals surface area contributed by atoms with Gasteiger partial charge in [0.05, 0.1) is 0 Å². The highest BCUT2D eigenvalue weighted by Crippen LogP contribution is 2.17. The summed E-state index contributed by atoms with van der Waals surface area (Å²) in [5.74, 6) is 0.914. The molecule has 4 nitrogen and oxygen atoms in total. The number of carbonyl (C=O) groups excluding carboxylic acids is 1. The van der Waals surface area contributed by atoms with Crippen LogP contribution in [0.1, 0.15) is 19.3 Å². The number of nitrogens with one attached hydrogen (secondary N) is 1. The SMILES string of the molecule is CN(CCSc1ccccc1)C(=O)NCC1CCCCN1C. The standard InChI is InChI=1S/C17H27N3OS/c1-19-11-7-6-8-15(19)14-18-17(21)20(2)12-13-22-16-9-4-3-5-10-16/h3-5,9-10,15H,6-8,11-14H2,1-2H3,(H,18,21). The fraction of sp³-hybridized carbons (Fsp3) is 0.588. The number of thioether (sulfide) groups is 1. The summed E-state index contributed by atoms with van der Waals surface area (Å²) in [5.41, 5.74) is 0. The Balaban J connectivity index is 1.64. The number of likely N-dealkylation sites (N-methyl/N-ethyl adjacent to an activating group) is 1. The summed E-state index contributed by atoms with van der Waals surface area (Å²) in [5, 5.41) is 3.07. The van der Waals surface area contributed by atoms with Crippen LogP contribution in [0.15, 0.2) is 35.2 Å². The molecule has 22 heavy (non-hydrogen) atoms. The first-order valence-electron chi connectivity index (χ1n) is 8.04. The maximum atomic E-state index is 12.1. The predicted molar refractivity (Wildman–Crippen MR) is 93.5 cm³/mol. The number of amides is 2. The van der Waals surface area contributed by atoms with E-state index in [1.165, 1.54) is 24.2 Å². The second-order valence-corrected chi connectivity index (χ2v) is 7.07. The first-order valence-corrected chi connectivity index (χ1v) is 9.02. The number of likely N-dealkylation sites (tertiary alicyclic amines) is 1. The maximum absolute atomic E-state index is 12.1. The molecule has 2 amide bonds. The third kappa shape index (κ3) is 5.54. The molecule has 0 spiro atoms. The van der Waals surface area contributed by atoms with Crippen LogP contribution in [-0.2, 0) is 0 Å². The largest absolute Gasteiger partial charge is 0.336 e. The molecule has 1 unspecified atom stereocenters. The Morgan fingerprint density at radius 3 is 2.86 bits per heavy atom. The van der Waals surface area contributed by atoms with Gasteiger partial charge in [-0.1, -0.05) is 24.6 Å². The van der Waals surface area contributed by atoms with Crippen molar-refractivity contribution in [3.63, 3.8) is 0 Å². The lowest BCUT2D eigenvalue weighted by Gasteiger charge is -2.33. The van der Waals surface area contributed by atoms with Crippen LogP contribution in [0.25, 0.3) is 0 Å². The molecule has 1 aromatic rings. The van der Waals surface area contributed by atoms with Crippen molar-refractivity contribution in [2.75, 3.05) is 39.5 Å². The van der Waals surface area contributed by atoms with Crippen LogP contribution >= 0.6 is 11.8 Å². The van der Waals surface area contributed by atoms with Crippen molar-refractivity contribution in [3.8, 4) is 0 Å². The van der Waals surface area contributed by atoms with Crippen molar-refractivity contribution < 1.29 is 4.79 Å². The lowest BCUT2D eigenvalue weighted by atomic mass is 10.0. The van der Waals surface area contributed by atoms with Crippen LogP contribution in [0.2, 0.25) is 0 Å². The normalized spacial score (nSPS) is 18.9. The average molecular weight is 321 g/mol. The first kappa shape index (κ1) is 17.2. The molecule has 1 fully saturated rings. The van der Waals surface area contributed by atoms with E-state index in [-0.39, 0.29) is 6.03 Å². The van der Waals surface area contributed by atoms with Gasteiger partial charge in [0.2, 0.25) is 0 Å². The van der Waals surface area contributed by atoms with Gasteiger partial charge < -0.3 is 15.1 Å². The number of urea groups is 1. The van der Waals surface area contributed by atoms with Crippen molar-refractivity contribution >= 4 is 17.8 Å². The Labute approximate surface area is 138 Å². The minimum Gasteiger partial charge on any atom is -0.336 e. The topological polar surface area (TPSA) is 35.6 Å². The third-order valence-corrected chi connectivity index (χ3v) is 5.19. The number of rotatable bonds is 6. The minimum absolute atomic E-state index is 0.0348. The van der Waals surface area contributed by atoms with Crippen molar-refractivity contribution in [3.05, 3.63) is 30.3 Å². The van der Waals surface area contributed by atoms with Gasteiger partial charge in [0.25, 0.3) is 0 Å². The zero-order chi connectivity index (χ0) is 15.8. The molecule has 1 N–H and O–H groups in total. The highest BCUT2D eigenvalue weighted by Gasteiger charge is 2.19. The zero-order valence-corrected chi connectivity index (χ0v) is 14.4. The molecule has 1 aliphatic rings. The van der Waals surface area contributed by atoms with Gasteiger partial charge >= 0.3 is 6.03 Å². The van der Waals surface area contributed by atoms with Gasteiger partial charge in [-0.2, -0.15) is 0 Å². The second-order valence-electron chi connectivity index (χ2n) is 5.90. The van der Waals surface area contributed by atoms with Crippen LogP contribution in [-0.4, -0.2) is 61.4 Å². The minimum atomic E-state index is 0.0348. The molecule has 2 rings (SSSR count). The number of benzene rings is 1. The molecule has 5 heteroatoms. The molecule has 0 aliphatic carbocycles. The van der Waals surface area contributed by atoms with Gasteiger partial charge in [-0.15, -0.1) is 11.8 Å². The molecule has 1 aromatic carbocycles. The van der Waals surface area contributed by atoms with E-state index in [1.807, 2.05) is 25.2 Å². The van der Waals surface area contributed by atoms with Gasteiger partial charge in [0.1, 0.15) is 0 Å². The van der Waals surface area contributed by atoms with Crippen LogP contribution < -0.4 is 5.32 Å². The molecule has 1 saturated heterocycles. The molecule has 122 valence electrons. The number of hydrogen-bond donors (Lipinski definition) is 1. The molecule has 0 bridgehead atoms. The Kier molecular flexibility index (Phi) is 7.06. The first-order chi connectivity index (χ1) is 10.7. The van der Waals surface area contributed by atoms with E-state index in [2.05, 4.69) is 29.4 Å². The van der Waals surface area contributed by atoms with Gasteiger partial charge in [-0.25, -0.2) is 4.79 Å². The smallest absolute Gasteiger partial charge is 0.317 e. The summed E-state index contributed by atoms with van der Waals surface area (Å²) in [6.45, 7) is 2.65. The summed E-state index contributed by atoms with van der Waals surface area (Å²) < 4.78 is 0. The van der Waals surface area contributed by atoms with Crippen molar-refractivity contribution in [1.29, 1.82) is 0 Å². The summed E-state index contributed by atoms with van der Waals surface area (Å²) >= 11 is 1.78. The van der Waals surface area contributed by atoms with E-state index in [0.29, 0.717) is 6.04 Å². The molecule has 0 radical (unpaired) electrons. The Morgan fingerprint density at radius 2 is 2.14 bits per heavy atom. The summed E-state index contributed by atoms with van der Waals surface area (Å²) in [6, 6.07) is 10.8. The van der Waals surface area contributed by atoms with Gasteiger partial charge in [0, 0.05) is 36.8 Å². The van der Waals surface area contributed by atoms with E-state index in [0.717, 1.165) is 25.4 Å². The number of nitrogens with zero attached hydrogens (tertiary/aromatic N) is 2. The fourth-order valence-electron chi connectivity index (χ4n) is 2.66. The Morgan fingerprint density at radius 1 is 1.36 bits per heavy atom. The monoisotopic (exact) mass is 321 g/mol. The van der Waals surface area contributed by atoms with E-state index < -0.39 is 0 Å². The van der Waals surface area contributed by atoms with Gasteiger partial charge in [0.15, 0.2) is 0 Å². The van der Waals surface area contributed by atoms with E-state index >= 15 is 0 Å². The third-order valence-electron chi connectivity index (χ3n) is 4.20. The molecule has 0 saturated carbocycles. The second kappa shape index (κ2) is 9.06. The summed E-state index contributed by atoms with van der Waals surface area (Å²) in [6.07, 6.45) is 3.73. The highest BCUT2D eigenvalue weighted by molar-refractivity contribution is 7.99. The van der Waals surface area contributed by atoms with Crippen LogP contribution in [0.3, 0.4) is 0 Å². The average Bonchev–Trinajstić information content (AvgIpc) is 2.54. The maximum Gasteiger partial charge on any atom is 0.317 e. The molecule has 1 heterocycles. The lowest BCUT2D eigenvalue weighted by Crippen LogP contribution is -2.47. The van der Waals surface area contributed by atoms with Crippen molar-refractivity contribution in [2.24, 2.45) is 0 Å². The van der Waals surface area contributed by atoms with E-state index in [1.54, 1.807) is 16.7 Å². The van der Waals surface area contributed by atoms with Crippen LogP contribution in [0, 0.1) is 0 Å². The molecule has 0 aromatic heterocycles. The lowest BCUT2D eigenvalue weighted by molar-refractivity contribution is 0.173. The molecule has 1 atom stereocenters.